The van der Waals surface area contributed by atoms with E-state index in [-0.39, 0.29) is 28.6 Å². The number of hydrogen-bond donors (Lipinski definition) is 0. The molecule has 11 nitrogen and oxygen atoms in total. The van der Waals surface area contributed by atoms with E-state index in [0.717, 1.165) is 42.4 Å². The van der Waals surface area contributed by atoms with Crippen LogP contribution in [0.15, 0.2) is 49.2 Å². The van der Waals surface area contributed by atoms with Crippen LogP contribution < -0.4 is 4.73 Å². The maximum absolute atomic E-state index is 15.3. The molecule has 208 valence electrons. The van der Waals surface area contributed by atoms with Gasteiger partial charge in [0.1, 0.15) is 12.4 Å². The topological polar surface area (TPSA) is 118 Å². The summed E-state index contributed by atoms with van der Waals surface area (Å²) in [4.78, 5) is 13.8. The molecule has 6 rings (SSSR count). The lowest BCUT2D eigenvalue weighted by Gasteiger charge is -2.31. The van der Waals surface area contributed by atoms with Crippen LogP contribution in [0.5, 0.6) is 0 Å². The Balaban J connectivity index is 1.32. The number of ether oxygens (including phenoxy) is 1. The van der Waals surface area contributed by atoms with Crippen LogP contribution in [-0.4, -0.2) is 61.2 Å². The van der Waals surface area contributed by atoms with Gasteiger partial charge in [0, 0.05) is 31.3 Å². The number of benzene rings is 1. The monoisotopic (exact) mass is 566 g/mol. The first kappa shape index (κ1) is 26.2. The molecule has 0 radical (unpaired) electrons. The van der Waals surface area contributed by atoms with E-state index in [1.165, 1.54) is 30.4 Å². The van der Waals surface area contributed by atoms with Gasteiger partial charge in [-0.1, -0.05) is 24.4 Å². The fourth-order valence-electron chi connectivity index (χ4n) is 5.49. The van der Waals surface area contributed by atoms with Gasteiger partial charge in [0.25, 0.3) is 0 Å². The Hall–Kier alpha value is -4.06. The van der Waals surface area contributed by atoms with Crippen molar-refractivity contribution in [2.24, 2.45) is 5.92 Å². The second-order valence-corrected chi connectivity index (χ2v) is 10.8. The Labute approximate surface area is 234 Å². The molecular weight excluding hydrogens is 539 g/mol. The molecule has 2 unspecified atom stereocenters. The number of tetrazole rings is 1. The van der Waals surface area contributed by atoms with Crippen molar-refractivity contribution in [3.05, 3.63) is 76.5 Å². The second kappa shape index (κ2) is 10.8. The van der Waals surface area contributed by atoms with Gasteiger partial charge in [0.2, 0.25) is 5.69 Å². The zero-order chi connectivity index (χ0) is 27.8. The maximum atomic E-state index is 15.3. The number of likely N-dealkylation sites (tertiary alicyclic amines) is 1. The first-order valence-corrected chi connectivity index (χ1v) is 13.6. The summed E-state index contributed by atoms with van der Waals surface area (Å²) in [5.74, 6) is -0.0128. The number of piperidine rings is 1. The number of pyridine rings is 1. The number of carbonyl (C=O) groups excluding carboxylic acids is 1. The normalized spacial score (nSPS) is 18.1. The molecule has 4 aromatic rings. The molecule has 1 saturated heterocycles. The van der Waals surface area contributed by atoms with E-state index in [0.29, 0.717) is 36.0 Å². The van der Waals surface area contributed by atoms with E-state index in [1.807, 2.05) is 17.1 Å². The molecule has 1 aliphatic carbocycles. The Bertz CT molecular complexity index is 1520. The Morgan fingerprint density at radius 2 is 2.12 bits per heavy atom. The maximum Gasteiger partial charge on any atom is 0.409 e. The van der Waals surface area contributed by atoms with Crippen molar-refractivity contribution < 1.29 is 18.7 Å². The van der Waals surface area contributed by atoms with Crippen molar-refractivity contribution in [2.45, 2.75) is 44.1 Å². The van der Waals surface area contributed by atoms with Crippen LogP contribution in [0.4, 0.5) is 9.18 Å². The highest BCUT2D eigenvalue weighted by molar-refractivity contribution is 6.31. The highest BCUT2D eigenvalue weighted by Gasteiger charge is 2.33. The predicted molar refractivity (Wildman–Crippen MR) is 142 cm³/mol. The van der Waals surface area contributed by atoms with Gasteiger partial charge in [-0.25, -0.2) is 9.18 Å². The molecule has 1 amide bonds. The molecule has 0 spiro atoms. The molecule has 13 heteroatoms. The van der Waals surface area contributed by atoms with Crippen molar-refractivity contribution in [3.63, 3.8) is 0 Å². The minimum absolute atomic E-state index is 0.0718. The molecular formula is C27H28ClFN8O3. The molecule has 40 heavy (non-hydrogen) atoms. The van der Waals surface area contributed by atoms with Gasteiger partial charge < -0.3 is 14.8 Å². The Morgan fingerprint density at radius 1 is 1.27 bits per heavy atom. The number of carbonyl (C=O) groups is 1. The molecule has 2 atom stereocenters. The minimum atomic E-state index is -0.665. The summed E-state index contributed by atoms with van der Waals surface area (Å²) >= 11 is 6.10. The van der Waals surface area contributed by atoms with Crippen molar-refractivity contribution in [3.8, 4) is 16.8 Å². The van der Waals surface area contributed by atoms with E-state index in [9.17, 15) is 10.0 Å². The second-order valence-electron chi connectivity index (χ2n) is 10.4. The molecule has 1 saturated carbocycles. The van der Waals surface area contributed by atoms with E-state index < -0.39 is 5.82 Å². The Kier molecular flexibility index (Phi) is 7.09. The number of methoxy groups -OCH3 is 1. The number of aromatic nitrogens is 7. The largest absolute Gasteiger partial charge is 0.618 e. The highest BCUT2D eigenvalue weighted by atomic mass is 35.5. The van der Waals surface area contributed by atoms with E-state index in [2.05, 4.69) is 20.6 Å². The quantitative estimate of drug-likeness (QED) is 0.242. The van der Waals surface area contributed by atoms with Crippen LogP contribution in [0, 0.1) is 16.9 Å². The van der Waals surface area contributed by atoms with E-state index in [4.69, 9.17) is 16.3 Å². The zero-order valence-corrected chi connectivity index (χ0v) is 22.6. The number of hydrogen-bond acceptors (Lipinski definition) is 7. The fourth-order valence-corrected chi connectivity index (χ4v) is 5.65. The van der Waals surface area contributed by atoms with Crippen molar-refractivity contribution in [2.75, 3.05) is 20.2 Å². The van der Waals surface area contributed by atoms with Crippen LogP contribution in [0.3, 0.4) is 0 Å². The molecule has 4 heterocycles. The predicted octanol–water partition coefficient (Wildman–Crippen LogP) is 4.29. The molecule has 3 aromatic heterocycles. The minimum Gasteiger partial charge on any atom is -0.618 e. The van der Waals surface area contributed by atoms with Crippen LogP contribution >= 0.6 is 11.6 Å². The number of halogens is 2. The Morgan fingerprint density at radius 3 is 2.85 bits per heavy atom. The van der Waals surface area contributed by atoms with Gasteiger partial charge in [-0.05, 0) is 59.4 Å². The van der Waals surface area contributed by atoms with Gasteiger partial charge in [0.05, 0.1) is 35.1 Å². The van der Waals surface area contributed by atoms with Crippen molar-refractivity contribution in [1.29, 1.82) is 0 Å². The van der Waals surface area contributed by atoms with Gasteiger partial charge in [-0.3, -0.25) is 4.68 Å². The van der Waals surface area contributed by atoms with Crippen LogP contribution in [0.2, 0.25) is 5.02 Å². The van der Waals surface area contributed by atoms with Crippen LogP contribution in [0.1, 0.15) is 55.3 Å². The van der Waals surface area contributed by atoms with Crippen molar-refractivity contribution in [1.82, 2.24) is 34.9 Å². The molecule has 2 aliphatic rings. The van der Waals surface area contributed by atoms with Gasteiger partial charge in [-0.2, -0.15) is 14.5 Å². The number of rotatable bonds is 7. The average Bonchev–Trinajstić information content (AvgIpc) is 3.40. The van der Waals surface area contributed by atoms with Gasteiger partial charge >= 0.3 is 6.09 Å². The third-order valence-corrected chi connectivity index (χ3v) is 8.06. The third-order valence-electron chi connectivity index (χ3n) is 7.76. The fraction of sp³-hybridized carbons (Fsp3) is 0.407. The first-order chi connectivity index (χ1) is 19.4. The number of amides is 1. The summed E-state index contributed by atoms with van der Waals surface area (Å²) in [5.41, 5.74) is 2.37. The molecule has 1 aromatic carbocycles. The zero-order valence-electron chi connectivity index (χ0n) is 21.9. The standard InChI is InChI=1S/C27H28ClFN8O3/c1-40-27(38)34-10-2-3-18(13-34)20-12-31-35(14-20)24(11-17-4-5-17)22-8-6-19(15-37(22)39)25-23(36-16-30-32-33-36)9-7-21(28)26(25)29/h6-9,12,14-18,24H,2-5,10-11,13H2,1H3. The smallest absolute Gasteiger partial charge is 0.409 e. The molecule has 1 aliphatic heterocycles. The lowest BCUT2D eigenvalue weighted by atomic mass is 9.93. The summed E-state index contributed by atoms with van der Waals surface area (Å²) < 4.78 is 24.2. The highest BCUT2D eigenvalue weighted by Crippen LogP contribution is 2.40. The lowest BCUT2D eigenvalue weighted by Crippen LogP contribution is -2.38. The van der Waals surface area contributed by atoms with E-state index >= 15 is 4.39 Å². The first-order valence-electron chi connectivity index (χ1n) is 13.2. The average molecular weight is 567 g/mol. The van der Waals surface area contributed by atoms with Crippen LogP contribution in [0.25, 0.3) is 16.8 Å². The third kappa shape index (κ3) is 5.10. The van der Waals surface area contributed by atoms with Crippen molar-refractivity contribution >= 4 is 17.7 Å². The molecule has 0 bridgehead atoms. The summed E-state index contributed by atoms with van der Waals surface area (Å²) in [7, 11) is 1.39. The van der Waals surface area contributed by atoms with Crippen LogP contribution in [-0.2, 0) is 4.74 Å². The SMILES string of the molecule is COC(=O)N1CCCC(c2cnn(C(CC3CC3)c3ccc(-c4c(-n5cnnn5)ccc(Cl)c4F)c[n+]3[O-])c2)C1. The number of nitrogens with zero attached hydrogens (tertiary/aromatic N) is 8. The van der Waals surface area contributed by atoms with Gasteiger partial charge in [-0.15, -0.1) is 5.10 Å². The molecule has 0 N–H and O–H groups in total. The van der Waals surface area contributed by atoms with Gasteiger partial charge in [0.15, 0.2) is 12.0 Å². The summed E-state index contributed by atoms with van der Waals surface area (Å²) in [6.07, 6.45) is 11.0. The summed E-state index contributed by atoms with van der Waals surface area (Å²) in [6.45, 7) is 1.24. The lowest BCUT2D eigenvalue weighted by molar-refractivity contribution is -0.615. The summed E-state index contributed by atoms with van der Waals surface area (Å²) in [5, 5.41) is 29.2. The summed E-state index contributed by atoms with van der Waals surface area (Å²) in [6, 6.07) is 6.17. The molecule has 2 fully saturated rings. The van der Waals surface area contributed by atoms with E-state index in [1.54, 1.807) is 23.1 Å².